The molecule has 17 heavy (non-hydrogen) atoms. The van der Waals surface area contributed by atoms with Crippen LogP contribution in [0.5, 0.6) is 0 Å². The first-order chi connectivity index (χ1) is 7.79. The largest absolute Gasteiger partial charge is 0.381 e. The SMILES string of the molecule is CC(CS(C)(=O)=O)Nc1ccccc1C(C)C. The Bertz CT molecular complexity index is 466. The average Bonchev–Trinajstić information content (AvgIpc) is 2.14. The van der Waals surface area contributed by atoms with E-state index < -0.39 is 9.84 Å². The van der Waals surface area contributed by atoms with Gasteiger partial charge in [0, 0.05) is 18.0 Å². The van der Waals surface area contributed by atoms with E-state index in [-0.39, 0.29) is 11.8 Å². The van der Waals surface area contributed by atoms with E-state index in [0.717, 1.165) is 5.69 Å². The highest BCUT2D eigenvalue weighted by Crippen LogP contribution is 2.24. The van der Waals surface area contributed by atoms with Crippen molar-refractivity contribution >= 4 is 15.5 Å². The second-order valence-electron chi connectivity index (χ2n) is 4.88. The molecule has 0 aliphatic rings. The zero-order valence-electron chi connectivity index (χ0n) is 10.9. The number of hydrogen-bond acceptors (Lipinski definition) is 3. The highest BCUT2D eigenvalue weighted by atomic mass is 32.2. The molecular weight excluding hydrogens is 234 g/mol. The normalized spacial score (nSPS) is 13.7. The van der Waals surface area contributed by atoms with Crippen LogP contribution >= 0.6 is 0 Å². The highest BCUT2D eigenvalue weighted by molar-refractivity contribution is 7.90. The number of anilines is 1. The highest BCUT2D eigenvalue weighted by Gasteiger charge is 2.12. The molecule has 0 spiro atoms. The van der Waals surface area contributed by atoms with Gasteiger partial charge in [0.25, 0.3) is 0 Å². The Morgan fingerprint density at radius 1 is 1.18 bits per heavy atom. The number of sulfone groups is 1. The van der Waals surface area contributed by atoms with Crippen molar-refractivity contribution < 1.29 is 8.42 Å². The number of nitrogens with one attached hydrogen (secondary N) is 1. The van der Waals surface area contributed by atoms with Gasteiger partial charge in [0.05, 0.1) is 5.75 Å². The predicted octanol–water partition coefficient (Wildman–Crippen LogP) is 2.66. The van der Waals surface area contributed by atoms with Crippen LogP contribution in [0.4, 0.5) is 5.69 Å². The second kappa shape index (κ2) is 5.54. The molecule has 0 aliphatic heterocycles. The minimum Gasteiger partial charge on any atom is -0.381 e. The van der Waals surface area contributed by atoms with Crippen molar-refractivity contribution in [3.8, 4) is 0 Å². The molecule has 0 heterocycles. The third-order valence-corrected chi connectivity index (χ3v) is 3.64. The zero-order chi connectivity index (χ0) is 13.1. The molecule has 0 bridgehead atoms. The standard InChI is InChI=1S/C13H21NO2S/c1-10(2)12-7-5-6-8-13(12)14-11(3)9-17(4,15)16/h5-8,10-11,14H,9H2,1-4H3. The topological polar surface area (TPSA) is 46.2 Å². The summed E-state index contributed by atoms with van der Waals surface area (Å²) in [6.07, 6.45) is 1.26. The van der Waals surface area contributed by atoms with Crippen molar-refractivity contribution in [3.63, 3.8) is 0 Å². The van der Waals surface area contributed by atoms with Crippen molar-refractivity contribution in [1.29, 1.82) is 0 Å². The lowest BCUT2D eigenvalue weighted by Gasteiger charge is -2.19. The van der Waals surface area contributed by atoms with Gasteiger partial charge in [-0.05, 0) is 24.5 Å². The summed E-state index contributed by atoms with van der Waals surface area (Å²) in [5, 5.41) is 3.27. The molecule has 1 unspecified atom stereocenters. The molecule has 4 heteroatoms. The van der Waals surface area contributed by atoms with E-state index in [1.165, 1.54) is 11.8 Å². The van der Waals surface area contributed by atoms with E-state index in [9.17, 15) is 8.42 Å². The Morgan fingerprint density at radius 3 is 2.29 bits per heavy atom. The lowest BCUT2D eigenvalue weighted by Crippen LogP contribution is -2.25. The summed E-state index contributed by atoms with van der Waals surface area (Å²) in [6.45, 7) is 6.14. The van der Waals surface area contributed by atoms with Crippen LogP contribution in [0.1, 0.15) is 32.3 Å². The van der Waals surface area contributed by atoms with Crippen LogP contribution in [0, 0.1) is 0 Å². The molecule has 1 atom stereocenters. The summed E-state index contributed by atoms with van der Waals surface area (Å²) in [7, 11) is -2.94. The summed E-state index contributed by atoms with van der Waals surface area (Å²) >= 11 is 0. The number of rotatable bonds is 5. The van der Waals surface area contributed by atoms with E-state index in [0.29, 0.717) is 5.92 Å². The molecule has 96 valence electrons. The fourth-order valence-electron chi connectivity index (χ4n) is 1.89. The van der Waals surface area contributed by atoms with Crippen molar-refractivity contribution in [2.45, 2.75) is 32.7 Å². The third-order valence-electron chi connectivity index (χ3n) is 2.54. The first-order valence-corrected chi connectivity index (χ1v) is 7.89. The number of para-hydroxylation sites is 1. The Morgan fingerprint density at radius 2 is 1.76 bits per heavy atom. The molecule has 1 N–H and O–H groups in total. The van der Waals surface area contributed by atoms with Gasteiger partial charge in [0.1, 0.15) is 9.84 Å². The second-order valence-corrected chi connectivity index (χ2v) is 7.06. The molecule has 0 saturated heterocycles. The Balaban J connectivity index is 2.81. The summed E-state index contributed by atoms with van der Waals surface area (Å²) in [5.74, 6) is 0.573. The average molecular weight is 255 g/mol. The molecule has 0 aliphatic carbocycles. The van der Waals surface area contributed by atoms with Gasteiger partial charge in [0.15, 0.2) is 0 Å². The van der Waals surface area contributed by atoms with Crippen LogP contribution in [0.3, 0.4) is 0 Å². The van der Waals surface area contributed by atoms with Crippen LogP contribution in [-0.2, 0) is 9.84 Å². The molecule has 1 aromatic carbocycles. The molecule has 0 amide bonds. The third kappa shape index (κ3) is 4.77. The van der Waals surface area contributed by atoms with Crippen LogP contribution in [0.2, 0.25) is 0 Å². The minimum atomic E-state index is -2.94. The summed E-state index contributed by atoms with van der Waals surface area (Å²) in [6, 6.07) is 7.95. The molecule has 0 aromatic heterocycles. The quantitative estimate of drug-likeness (QED) is 0.880. The van der Waals surface area contributed by atoms with Gasteiger partial charge in [-0.25, -0.2) is 8.42 Å². The Labute approximate surface area is 104 Å². The van der Waals surface area contributed by atoms with Crippen LogP contribution in [-0.4, -0.2) is 26.5 Å². The first kappa shape index (κ1) is 14.0. The fourth-order valence-corrected chi connectivity index (χ4v) is 2.88. The van der Waals surface area contributed by atoms with Gasteiger partial charge in [-0.1, -0.05) is 32.0 Å². The molecule has 3 nitrogen and oxygen atoms in total. The molecule has 0 saturated carbocycles. The monoisotopic (exact) mass is 255 g/mol. The summed E-state index contributed by atoms with van der Waals surface area (Å²) < 4.78 is 22.4. The van der Waals surface area contributed by atoms with Gasteiger partial charge in [-0.2, -0.15) is 0 Å². The van der Waals surface area contributed by atoms with Gasteiger partial charge in [0.2, 0.25) is 0 Å². The summed E-state index contributed by atoms with van der Waals surface area (Å²) in [5.41, 5.74) is 2.24. The first-order valence-electron chi connectivity index (χ1n) is 5.83. The van der Waals surface area contributed by atoms with Gasteiger partial charge < -0.3 is 5.32 Å². The van der Waals surface area contributed by atoms with E-state index in [2.05, 4.69) is 25.2 Å². The van der Waals surface area contributed by atoms with E-state index in [1.807, 2.05) is 25.1 Å². The fraction of sp³-hybridized carbons (Fsp3) is 0.538. The Hall–Kier alpha value is -1.03. The zero-order valence-corrected chi connectivity index (χ0v) is 11.7. The van der Waals surface area contributed by atoms with Crippen LogP contribution in [0.15, 0.2) is 24.3 Å². The van der Waals surface area contributed by atoms with E-state index in [4.69, 9.17) is 0 Å². The smallest absolute Gasteiger partial charge is 0.149 e. The van der Waals surface area contributed by atoms with Crippen LogP contribution < -0.4 is 5.32 Å². The maximum absolute atomic E-state index is 11.2. The van der Waals surface area contributed by atoms with E-state index >= 15 is 0 Å². The lowest BCUT2D eigenvalue weighted by molar-refractivity contribution is 0.598. The van der Waals surface area contributed by atoms with Gasteiger partial charge in [-0.15, -0.1) is 0 Å². The Kier molecular flexibility index (Phi) is 4.57. The molecule has 1 rings (SSSR count). The molecule has 0 fully saturated rings. The maximum Gasteiger partial charge on any atom is 0.149 e. The predicted molar refractivity (Wildman–Crippen MR) is 73.3 cm³/mol. The number of benzene rings is 1. The molecule has 0 radical (unpaired) electrons. The molecular formula is C13H21NO2S. The maximum atomic E-state index is 11.2. The van der Waals surface area contributed by atoms with Crippen molar-refractivity contribution in [2.75, 3.05) is 17.3 Å². The minimum absolute atomic E-state index is 0.0788. The number of hydrogen-bond donors (Lipinski definition) is 1. The van der Waals surface area contributed by atoms with Crippen molar-refractivity contribution in [3.05, 3.63) is 29.8 Å². The van der Waals surface area contributed by atoms with Crippen molar-refractivity contribution in [1.82, 2.24) is 0 Å². The molecule has 1 aromatic rings. The van der Waals surface area contributed by atoms with Gasteiger partial charge in [-0.3, -0.25) is 0 Å². The summed E-state index contributed by atoms with van der Waals surface area (Å²) in [4.78, 5) is 0. The van der Waals surface area contributed by atoms with Crippen molar-refractivity contribution in [2.24, 2.45) is 0 Å². The lowest BCUT2D eigenvalue weighted by atomic mass is 10.0. The van der Waals surface area contributed by atoms with E-state index in [1.54, 1.807) is 0 Å². The van der Waals surface area contributed by atoms with Crippen LogP contribution in [0.25, 0.3) is 0 Å². The van der Waals surface area contributed by atoms with Gasteiger partial charge >= 0.3 is 0 Å².